The van der Waals surface area contributed by atoms with Gasteiger partial charge in [-0.3, -0.25) is 4.98 Å². The van der Waals surface area contributed by atoms with Crippen molar-refractivity contribution in [1.29, 1.82) is 0 Å². The summed E-state index contributed by atoms with van der Waals surface area (Å²) in [5.74, 6) is 0. The second-order valence-corrected chi connectivity index (χ2v) is 7.42. The molecule has 5 aromatic rings. The molecule has 1 aliphatic rings. The molecule has 3 aromatic carbocycles. The van der Waals surface area contributed by atoms with Crippen LogP contribution >= 0.6 is 11.3 Å². The van der Waals surface area contributed by atoms with E-state index in [1.54, 1.807) is 0 Å². The zero-order chi connectivity index (χ0) is 16.4. The molecule has 1 nitrogen and oxygen atoms in total. The van der Waals surface area contributed by atoms with Crippen molar-refractivity contribution < 1.29 is 20.1 Å². The van der Waals surface area contributed by atoms with Gasteiger partial charge in [0.25, 0.3) is 0 Å². The standard InChI is InChI=1S/C23H12NS.Ir/c1-2-10-21-16(6-1)17-7-4-8-18(23(17)25-21)20-13-15-12-11-14-5-3-9-19(24-20)22(14)15;/h1-7,9-13H;/q-1;. The molecule has 0 atom stereocenters. The number of rotatable bonds is 1. The van der Waals surface area contributed by atoms with Crippen molar-refractivity contribution in [1.82, 2.24) is 4.98 Å². The summed E-state index contributed by atoms with van der Waals surface area (Å²) >= 11 is 1.83. The van der Waals surface area contributed by atoms with Crippen molar-refractivity contribution in [3.05, 3.63) is 77.9 Å². The van der Waals surface area contributed by atoms with Crippen molar-refractivity contribution in [3.8, 4) is 11.3 Å². The van der Waals surface area contributed by atoms with Crippen LogP contribution in [0.3, 0.4) is 0 Å². The van der Waals surface area contributed by atoms with Crippen LogP contribution in [-0.4, -0.2) is 4.98 Å². The molecule has 6 rings (SSSR count). The van der Waals surface area contributed by atoms with E-state index >= 15 is 0 Å². The fourth-order valence-corrected chi connectivity index (χ4v) is 5.01. The molecule has 0 amide bonds. The summed E-state index contributed by atoms with van der Waals surface area (Å²) in [7, 11) is 0. The van der Waals surface area contributed by atoms with Crippen LogP contribution in [0.2, 0.25) is 0 Å². The Morgan fingerprint density at radius 3 is 2.69 bits per heavy atom. The molecule has 2 aromatic heterocycles. The van der Waals surface area contributed by atoms with Crippen LogP contribution in [0.25, 0.3) is 54.5 Å². The van der Waals surface area contributed by atoms with Crippen molar-refractivity contribution >= 4 is 54.6 Å². The maximum Gasteiger partial charge on any atom is 0.0607 e. The number of hydrogen-bond donors (Lipinski definition) is 0. The van der Waals surface area contributed by atoms with Crippen molar-refractivity contribution in [2.24, 2.45) is 0 Å². The normalized spacial score (nSPS) is 12.2. The Morgan fingerprint density at radius 1 is 0.846 bits per heavy atom. The van der Waals surface area contributed by atoms with Gasteiger partial charge in [0.05, 0.1) is 5.52 Å². The first-order chi connectivity index (χ1) is 12.4. The van der Waals surface area contributed by atoms with Crippen LogP contribution in [0.15, 0.2) is 60.7 Å². The smallest absolute Gasteiger partial charge is 0.0607 e. The zero-order valence-corrected chi connectivity index (χ0v) is 16.8. The molecule has 2 heterocycles. The van der Waals surface area contributed by atoms with Gasteiger partial charge in [-0.15, -0.1) is 23.8 Å². The summed E-state index contributed by atoms with van der Waals surface area (Å²) in [6, 6.07) is 24.7. The largest absolute Gasteiger partial charge is 0.296 e. The van der Waals surface area contributed by atoms with Crippen molar-refractivity contribution in [2.45, 2.75) is 0 Å². The molecule has 3 heteroatoms. The van der Waals surface area contributed by atoms with E-state index in [-0.39, 0.29) is 20.1 Å². The SMILES string of the molecule is [Ir].[c-]1ccc2c(sc3ccccc32)c1-c1cc2c3c(cccc3n1)C=C2. The Kier molecular flexibility index (Phi) is 3.58. The van der Waals surface area contributed by atoms with Gasteiger partial charge in [-0.1, -0.05) is 53.9 Å². The Bertz CT molecular complexity index is 1350. The van der Waals surface area contributed by atoms with Gasteiger partial charge in [-0.05, 0) is 39.0 Å². The predicted octanol–water partition coefficient (Wildman–Crippen LogP) is 6.55. The van der Waals surface area contributed by atoms with E-state index in [4.69, 9.17) is 4.98 Å². The fraction of sp³-hybridized carbons (Fsp3) is 0. The molecular formula is C23H12IrNS-. The van der Waals surface area contributed by atoms with Gasteiger partial charge in [0.2, 0.25) is 0 Å². The molecule has 0 unspecified atom stereocenters. The van der Waals surface area contributed by atoms with Crippen LogP contribution in [0.5, 0.6) is 0 Å². The summed E-state index contributed by atoms with van der Waals surface area (Å²) in [5, 5.41) is 3.86. The molecule has 1 aliphatic carbocycles. The third kappa shape index (κ3) is 2.15. The number of aromatic nitrogens is 1. The fourth-order valence-electron chi connectivity index (χ4n) is 3.81. The second kappa shape index (κ2) is 5.85. The predicted molar refractivity (Wildman–Crippen MR) is 108 cm³/mol. The minimum absolute atomic E-state index is 0. The Balaban J connectivity index is 0.00000150. The van der Waals surface area contributed by atoms with Crippen LogP contribution in [0.4, 0.5) is 0 Å². The van der Waals surface area contributed by atoms with Gasteiger partial charge in [0, 0.05) is 30.2 Å². The monoisotopic (exact) mass is 527 g/mol. The van der Waals surface area contributed by atoms with Gasteiger partial charge < -0.3 is 0 Å². The molecule has 26 heavy (non-hydrogen) atoms. The molecule has 0 fully saturated rings. The molecule has 125 valence electrons. The Labute approximate surface area is 168 Å². The summed E-state index contributed by atoms with van der Waals surface area (Å²) in [6.07, 6.45) is 4.36. The molecule has 1 radical (unpaired) electrons. The molecular weight excluding hydrogens is 515 g/mol. The Morgan fingerprint density at radius 2 is 1.73 bits per heavy atom. The maximum absolute atomic E-state index is 4.96. The first kappa shape index (κ1) is 15.9. The van der Waals surface area contributed by atoms with Crippen LogP contribution < -0.4 is 0 Å². The average molecular weight is 527 g/mol. The molecule has 0 spiro atoms. The van der Waals surface area contributed by atoms with Crippen LogP contribution in [0.1, 0.15) is 11.1 Å². The first-order valence-electron chi connectivity index (χ1n) is 8.33. The first-order valence-corrected chi connectivity index (χ1v) is 9.14. The number of fused-ring (bicyclic) bond motifs is 3. The van der Waals surface area contributed by atoms with E-state index in [9.17, 15) is 0 Å². The number of nitrogens with zero attached hydrogens (tertiary/aromatic N) is 1. The summed E-state index contributed by atoms with van der Waals surface area (Å²) < 4.78 is 2.58. The van der Waals surface area contributed by atoms with E-state index in [1.807, 2.05) is 17.4 Å². The Hall–Kier alpha value is -2.32. The molecule has 0 aliphatic heterocycles. The topological polar surface area (TPSA) is 12.9 Å². The molecule has 0 N–H and O–H groups in total. The molecule has 0 saturated heterocycles. The van der Waals surface area contributed by atoms with Crippen LogP contribution in [-0.2, 0) is 20.1 Å². The number of hydrogen-bond acceptors (Lipinski definition) is 2. The number of thiophene rings is 1. The maximum atomic E-state index is 4.96. The van der Waals surface area contributed by atoms with Gasteiger partial charge >= 0.3 is 0 Å². The molecule has 0 bridgehead atoms. The van der Waals surface area contributed by atoms with E-state index in [2.05, 4.69) is 72.8 Å². The van der Waals surface area contributed by atoms with Crippen molar-refractivity contribution in [2.75, 3.05) is 0 Å². The van der Waals surface area contributed by atoms with E-state index in [0.717, 1.165) is 16.8 Å². The summed E-state index contributed by atoms with van der Waals surface area (Å²) in [5.41, 5.74) is 5.67. The molecule has 0 saturated carbocycles. The second-order valence-electron chi connectivity index (χ2n) is 6.37. The average Bonchev–Trinajstić information content (AvgIpc) is 3.24. The quantitative estimate of drug-likeness (QED) is 0.222. The van der Waals surface area contributed by atoms with Gasteiger partial charge in [-0.2, -0.15) is 11.3 Å². The minimum Gasteiger partial charge on any atom is -0.296 e. The van der Waals surface area contributed by atoms with E-state index < -0.39 is 0 Å². The summed E-state index contributed by atoms with van der Waals surface area (Å²) in [6.45, 7) is 0. The van der Waals surface area contributed by atoms with E-state index in [0.29, 0.717) is 0 Å². The van der Waals surface area contributed by atoms with Crippen molar-refractivity contribution in [3.63, 3.8) is 0 Å². The van der Waals surface area contributed by atoms with Crippen LogP contribution in [0, 0.1) is 6.07 Å². The van der Waals surface area contributed by atoms with Gasteiger partial charge in [-0.25, -0.2) is 0 Å². The third-order valence-electron chi connectivity index (χ3n) is 4.93. The van der Waals surface area contributed by atoms with E-state index in [1.165, 1.54) is 36.7 Å². The number of pyridine rings is 1. The summed E-state index contributed by atoms with van der Waals surface area (Å²) in [4.78, 5) is 4.96. The number of benzene rings is 3. The zero-order valence-electron chi connectivity index (χ0n) is 13.6. The van der Waals surface area contributed by atoms with Gasteiger partial charge in [0.1, 0.15) is 0 Å². The van der Waals surface area contributed by atoms with Gasteiger partial charge in [0.15, 0.2) is 0 Å². The third-order valence-corrected chi connectivity index (χ3v) is 6.14. The minimum atomic E-state index is 0.